The molecule has 0 amide bonds. The number of carbonyl (C=O) groups is 1. The number of nitrogens with two attached hydrogens (primary N) is 1. The number of nitrogens with zero attached hydrogens (tertiary/aromatic N) is 5. The second-order valence-corrected chi connectivity index (χ2v) is 6.94. The number of benzene rings is 1. The Hall–Kier alpha value is -4.06. The molecule has 0 bridgehead atoms. The summed E-state index contributed by atoms with van der Waals surface area (Å²) in [6.07, 6.45) is 7.18. The second-order valence-electron chi connectivity index (χ2n) is 6.94. The molecule has 0 radical (unpaired) electrons. The Morgan fingerprint density at radius 1 is 1.16 bits per heavy atom. The highest BCUT2D eigenvalue weighted by atomic mass is 16.5. The van der Waals surface area contributed by atoms with Gasteiger partial charge in [-0.05, 0) is 37.0 Å². The zero-order valence-electron chi connectivity index (χ0n) is 17.3. The topological polar surface area (TPSA) is 108 Å². The van der Waals surface area contributed by atoms with Crippen LogP contribution in [0.4, 0.5) is 5.82 Å². The molecule has 158 valence electrons. The van der Waals surface area contributed by atoms with Crippen molar-refractivity contribution in [3.05, 3.63) is 48.1 Å². The molecule has 1 aromatic carbocycles. The number of fused-ring (bicyclic) bond motifs is 1. The summed E-state index contributed by atoms with van der Waals surface area (Å²) in [4.78, 5) is 21.4. The lowest BCUT2D eigenvalue weighted by molar-refractivity contribution is -0.104. The SMILES string of the molecule is COc1cc(C#Cc2nn(C3CCCN3C=CC=O)c3ncnc(N)c23)cc(OC)c1. The smallest absolute Gasteiger partial charge is 0.166 e. The van der Waals surface area contributed by atoms with Crippen LogP contribution in [0.3, 0.4) is 0 Å². The summed E-state index contributed by atoms with van der Waals surface area (Å²) < 4.78 is 12.4. The summed E-state index contributed by atoms with van der Waals surface area (Å²) in [5.74, 6) is 7.82. The number of likely N-dealkylation sites (tertiary alicyclic amines) is 1. The number of nitrogen functional groups attached to an aromatic ring is 1. The molecule has 31 heavy (non-hydrogen) atoms. The van der Waals surface area contributed by atoms with Crippen molar-refractivity contribution in [1.82, 2.24) is 24.6 Å². The molecule has 1 aliphatic rings. The largest absolute Gasteiger partial charge is 0.497 e. The third kappa shape index (κ3) is 4.00. The van der Waals surface area contributed by atoms with Gasteiger partial charge in [0.05, 0.1) is 19.6 Å². The third-order valence-electron chi connectivity index (χ3n) is 5.09. The van der Waals surface area contributed by atoms with Gasteiger partial charge in [0.15, 0.2) is 5.65 Å². The number of aromatic nitrogens is 4. The minimum Gasteiger partial charge on any atom is -0.497 e. The molecule has 2 aromatic heterocycles. The second kappa shape index (κ2) is 8.75. The Morgan fingerprint density at radius 2 is 1.94 bits per heavy atom. The van der Waals surface area contributed by atoms with E-state index in [9.17, 15) is 4.79 Å². The molecule has 0 spiro atoms. The van der Waals surface area contributed by atoms with Gasteiger partial charge in [0.2, 0.25) is 0 Å². The van der Waals surface area contributed by atoms with E-state index in [0.29, 0.717) is 39.6 Å². The van der Waals surface area contributed by atoms with E-state index in [4.69, 9.17) is 20.3 Å². The molecule has 1 atom stereocenters. The van der Waals surface area contributed by atoms with E-state index in [0.717, 1.165) is 25.7 Å². The Labute approximate surface area is 179 Å². The van der Waals surface area contributed by atoms with Crippen molar-refractivity contribution < 1.29 is 14.3 Å². The predicted molar refractivity (Wildman–Crippen MR) is 115 cm³/mol. The van der Waals surface area contributed by atoms with Gasteiger partial charge in [-0.1, -0.05) is 5.92 Å². The van der Waals surface area contributed by atoms with Crippen LogP contribution < -0.4 is 15.2 Å². The van der Waals surface area contributed by atoms with Gasteiger partial charge in [0, 0.05) is 24.4 Å². The summed E-state index contributed by atoms with van der Waals surface area (Å²) >= 11 is 0. The van der Waals surface area contributed by atoms with Crippen LogP contribution in [-0.2, 0) is 4.79 Å². The Morgan fingerprint density at radius 3 is 2.65 bits per heavy atom. The maximum atomic E-state index is 10.8. The molecule has 1 aliphatic heterocycles. The van der Waals surface area contributed by atoms with Crippen LogP contribution in [0.15, 0.2) is 36.8 Å². The molecule has 1 saturated heterocycles. The minimum atomic E-state index is -0.0829. The van der Waals surface area contributed by atoms with Crippen LogP contribution in [-0.4, -0.2) is 51.7 Å². The molecule has 1 fully saturated rings. The van der Waals surface area contributed by atoms with Gasteiger partial charge in [-0.25, -0.2) is 14.6 Å². The van der Waals surface area contributed by atoms with Crippen LogP contribution in [0.2, 0.25) is 0 Å². The lowest BCUT2D eigenvalue weighted by Gasteiger charge is -2.23. The van der Waals surface area contributed by atoms with Crippen molar-refractivity contribution in [3.63, 3.8) is 0 Å². The highest BCUT2D eigenvalue weighted by molar-refractivity contribution is 5.90. The van der Waals surface area contributed by atoms with E-state index in [1.54, 1.807) is 26.5 Å². The van der Waals surface area contributed by atoms with Gasteiger partial charge in [0.1, 0.15) is 41.8 Å². The number of aldehydes is 1. The highest BCUT2D eigenvalue weighted by Crippen LogP contribution is 2.31. The number of rotatable bonds is 5. The minimum absolute atomic E-state index is 0.0829. The first-order valence-corrected chi connectivity index (χ1v) is 9.76. The number of ether oxygens (including phenoxy) is 2. The normalized spacial score (nSPS) is 15.8. The molecule has 4 rings (SSSR count). The number of anilines is 1. The van der Waals surface area contributed by atoms with Crippen molar-refractivity contribution in [3.8, 4) is 23.3 Å². The van der Waals surface area contributed by atoms with Crippen LogP contribution >= 0.6 is 0 Å². The molecule has 9 nitrogen and oxygen atoms in total. The highest BCUT2D eigenvalue weighted by Gasteiger charge is 2.28. The quantitative estimate of drug-likeness (QED) is 0.381. The zero-order chi connectivity index (χ0) is 21.8. The summed E-state index contributed by atoms with van der Waals surface area (Å²) in [5, 5.41) is 5.33. The summed E-state index contributed by atoms with van der Waals surface area (Å²) in [5.41, 5.74) is 7.97. The average molecular weight is 418 g/mol. The van der Waals surface area contributed by atoms with Crippen molar-refractivity contribution in [2.75, 3.05) is 26.5 Å². The molecule has 0 saturated carbocycles. The van der Waals surface area contributed by atoms with Crippen molar-refractivity contribution in [2.45, 2.75) is 19.0 Å². The van der Waals surface area contributed by atoms with Gasteiger partial charge >= 0.3 is 0 Å². The molecule has 3 heterocycles. The van der Waals surface area contributed by atoms with Crippen molar-refractivity contribution in [2.24, 2.45) is 0 Å². The molecule has 9 heteroatoms. The summed E-state index contributed by atoms with van der Waals surface area (Å²) in [6, 6.07) is 5.41. The summed E-state index contributed by atoms with van der Waals surface area (Å²) in [6.45, 7) is 0.821. The number of methoxy groups -OCH3 is 2. The first-order chi connectivity index (χ1) is 15.1. The Balaban J connectivity index is 1.80. The molecule has 1 unspecified atom stereocenters. The van der Waals surface area contributed by atoms with E-state index < -0.39 is 0 Å². The van der Waals surface area contributed by atoms with Gasteiger partial charge < -0.3 is 20.1 Å². The average Bonchev–Trinajstić information content (AvgIpc) is 3.40. The van der Waals surface area contributed by atoms with Gasteiger partial charge in [0.25, 0.3) is 0 Å². The lowest BCUT2D eigenvalue weighted by atomic mass is 10.2. The fourth-order valence-electron chi connectivity index (χ4n) is 3.66. The molecule has 2 N–H and O–H groups in total. The van der Waals surface area contributed by atoms with E-state index in [2.05, 4.69) is 26.7 Å². The van der Waals surface area contributed by atoms with Gasteiger partial charge in [-0.3, -0.25) is 4.79 Å². The standard InChI is InChI=1S/C22H22N6O3/c1-30-16-11-15(12-17(13-16)31-2)6-7-18-20-21(23)24-14-25-22(20)28(26-18)19-5-3-8-27(19)9-4-10-29/h4,9-14,19H,3,5,8H2,1-2H3,(H2,23,24,25). The number of allylic oxidation sites excluding steroid dienone is 1. The maximum Gasteiger partial charge on any atom is 0.166 e. The Kier molecular flexibility index (Phi) is 5.71. The first kappa shape index (κ1) is 20.2. The number of carbonyl (C=O) groups excluding carboxylic acids is 1. The predicted octanol–water partition coefficient (Wildman–Crippen LogP) is 2.13. The van der Waals surface area contributed by atoms with Crippen LogP contribution in [0, 0.1) is 11.8 Å². The fourth-order valence-corrected chi connectivity index (χ4v) is 3.66. The molecule has 3 aromatic rings. The number of hydrogen-bond donors (Lipinski definition) is 1. The molecule has 0 aliphatic carbocycles. The third-order valence-corrected chi connectivity index (χ3v) is 5.09. The Bertz CT molecular complexity index is 1180. The molecular formula is C22H22N6O3. The molecular weight excluding hydrogens is 396 g/mol. The van der Waals surface area contributed by atoms with Gasteiger partial charge in [-0.2, -0.15) is 5.10 Å². The zero-order valence-corrected chi connectivity index (χ0v) is 17.3. The van der Waals surface area contributed by atoms with Gasteiger partial charge in [-0.15, -0.1) is 0 Å². The first-order valence-electron chi connectivity index (χ1n) is 9.76. The van der Waals surface area contributed by atoms with E-state index in [1.165, 1.54) is 12.4 Å². The maximum absolute atomic E-state index is 10.8. The van der Waals surface area contributed by atoms with Crippen LogP contribution in [0.1, 0.15) is 30.3 Å². The van der Waals surface area contributed by atoms with Crippen LogP contribution in [0.5, 0.6) is 11.5 Å². The van der Waals surface area contributed by atoms with Crippen molar-refractivity contribution in [1.29, 1.82) is 0 Å². The van der Waals surface area contributed by atoms with Crippen molar-refractivity contribution >= 4 is 23.1 Å². The monoisotopic (exact) mass is 418 g/mol. The van der Waals surface area contributed by atoms with E-state index in [-0.39, 0.29) is 6.17 Å². The van der Waals surface area contributed by atoms with Crippen LogP contribution in [0.25, 0.3) is 11.0 Å². The fraction of sp³-hybridized carbons (Fsp3) is 0.273. The van der Waals surface area contributed by atoms with E-state index >= 15 is 0 Å². The number of hydrogen-bond acceptors (Lipinski definition) is 8. The van der Waals surface area contributed by atoms with E-state index in [1.807, 2.05) is 16.8 Å². The summed E-state index contributed by atoms with van der Waals surface area (Å²) in [7, 11) is 3.18. The lowest BCUT2D eigenvalue weighted by Crippen LogP contribution is -2.23.